The Balaban J connectivity index is 1.90. The molecule has 23 heavy (non-hydrogen) atoms. The van der Waals surface area contributed by atoms with Crippen LogP contribution in [0.3, 0.4) is 0 Å². The molecular formula is C14H17N5O4. The summed E-state index contributed by atoms with van der Waals surface area (Å²) >= 11 is 0. The van der Waals surface area contributed by atoms with Crippen LogP contribution < -0.4 is 10.5 Å². The molecule has 0 spiro atoms. The molecule has 0 aliphatic rings. The molecule has 0 bridgehead atoms. The molecule has 0 saturated carbocycles. The van der Waals surface area contributed by atoms with E-state index in [1.54, 1.807) is 16.8 Å². The van der Waals surface area contributed by atoms with Gasteiger partial charge in [-0.1, -0.05) is 6.92 Å². The van der Waals surface area contributed by atoms with Gasteiger partial charge in [0.05, 0.1) is 5.56 Å². The highest BCUT2D eigenvalue weighted by Gasteiger charge is 2.11. The number of aromatic nitrogens is 4. The molecule has 1 heterocycles. The van der Waals surface area contributed by atoms with E-state index in [1.165, 1.54) is 12.1 Å². The first-order valence-corrected chi connectivity index (χ1v) is 7.03. The van der Waals surface area contributed by atoms with E-state index < -0.39 is 11.9 Å². The van der Waals surface area contributed by atoms with E-state index in [-0.39, 0.29) is 13.2 Å². The molecule has 0 unspecified atom stereocenters. The molecule has 0 atom stereocenters. The molecule has 1 aromatic heterocycles. The van der Waals surface area contributed by atoms with Gasteiger partial charge in [0.15, 0.2) is 19.0 Å². The Hall–Kier alpha value is -2.97. The van der Waals surface area contributed by atoms with Gasteiger partial charge in [-0.2, -0.15) is 0 Å². The van der Waals surface area contributed by atoms with Crippen LogP contribution in [-0.2, 0) is 22.7 Å². The Kier molecular flexibility index (Phi) is 5.61. The standard InChI is InChI=1S/C14H17N5O4/c1-2-7-19-13(16-17-18-19)9-23-14(21)10-3-5-11(6-4-10)22-8-12(15)20/h3-6H,2,7-9H2,1H3,(H2,15,20). The number of carbonyl (C=O) groups is 2. The van der Waals surface area contributed by atoms with Gasteiger partial charge >= 0.3 is 5.97 Å². The topological polar surface area (TPSA) is 122 Å². The lowest BCUT2D eigenvalue weighted by Crippen LogP contribution is -2.20. The fourth-order valence-electron chi connectivity index (χ4n) is 1.77. The maximum Gasteiger partial charge on any atom is 0.338 e. The van der Waals surface area contributed by atoms with Gasteiger partial charge in [-0.25, -0.2) is 9.48 Å². The van der Waals surface area contributed by atoms with Gasteiger partial charge in [0, 0.05) is 6.54 Å². The molecule has 0 fully saturated rings. The predicted octanol–water partition coefficient (Wildman–Crippen LogP) is 0.304. The summed E-state index contributed by atoms with van der Waals surface area (Å²) in [5.74, 6) is -0.148. The Labute approximate surface area is 132 Å². The van der Waals surface area contributed by atoms with Crippen LogP contribution in [0, 0.1) is 0 Å². The predicted molar refractivity (Wildman–Crippen MR) is 78.4 cm³/mol. The Morgan fingerprint density at radius 2 is 2.00 bits per heavy atom. The van der Waals surface area contributed by atoms with Gasteiger partial charge < -0.3 is 15.2 Å². The second-order valence-electron chi connectivity index (χ2n) is 4.67. The number of rotatable bonds is 8. The van der Waals surface area contributed by atoms with Crippen molar-refractivity contribution in [2.24, 2.45) is 5.73 Å². The van der Waals surface area contributed by atoms with Crippen molar-refractivity contribution in [2.45, 2.75) is 26.5 Å². The third kappa shape index (κ3) is 4.77. The van der Waals surface area contributed by atoms with Crippen molar-refractivity contribution >= 4 is 11.9 Å². The average Bonchev–Trinajstić information content (AvgIpc) is 2.99. The van der Waals surface area contributed by atoms with E-state index in [1.807, 2.05) is 6.92 Å². The molecule has 2 N–H and O–H groups in total. The number of carbonyl (C=O) groups excluding carboxylic acids is 2. The molecule has 0 aliphatic carbocycles. The van der Waals surface area contributed by atoms with Gasteiger partial charge in [0.25, 0.3) is 5.91 Å². The fraction of sp³-hybridized carbons (Fsp3) is 0.357. The number of aryl methyl sites for hydroxylation is 1. The molecule has 9 nitrogen and oxygen atoms in total. The van der Waals surface area contributed by atoms with Crippen molar-refractivity contribution in [3.8, 4) is 5.75 Å². The van der Waals surface area contributed by atoms with Crippen LogP contribution in [0.15, 0.2) is 24.3 Å². The number of hydrogen-bond donors (Lipinski definition) is 1. The first kappa shape index (κ1) is 16.4. The third-order valence-electron chi connectivity index (χ3n) is 2.84. The maximum absolute atomic E-state index is 12.0. The highest BCUT2D eigenvalue weighted by molar-refractivity contribution is 5.89. The van der Waals surface area contributed by atoms with Crippen molar-refractivity contribution in [1.82, 2.24) is 20.2 Å². The zero-order chi connectivity index (χ0) is 16.7. The Morgan fingerprint density at radius 3 is 2.65 bits per heavy atom. The summed E-state index contributed by atoms with van der Waals surface area (Å²) in [5.41, 5.74) is 5.33. The van der Waals surface area contributed by atoms with Crippen molar-refractivity contribution < 1.29 is 19.1 Å². The van der Waals surface area contributed by atoms with E-state index in [0.717, 1.165) is 6.42 Å². The average molecular weight is 319 g/mol. The SMILES string of the molecule is CCCn1nnnc1COC(=O)c1ccc(OCC(N)=O)cc1. The molecule has 0 aliphatic heterocycles. The first-order valence-electron chi connectivity index (χ1n) is 7.03. The number of nitrogens with zero attached hydrogens (tertiary/aromatic N) is 4. The monoisotopic (exact) mass is 319 g/mol. The van der Waals surface area contributed by atoms with Gasteiger partial charge in [-0.05, 0) is 41.1 Å². The molecular weight excluding hydrogens is 302 g/mol. The van der Waals surface area contributed by atoms with E-state index in [2.05, 4.69) is 15.5 Å². The molecule has 0 saturated heterocycles. The first-order chi connectivity index (χ1) is 11.1. The summed E-state index contributed by atoms with van der Waals surface area (Å²) in [6.07, 6.45) is 0.874. The van der Waals surface area contributed by atoms with Crippen molar-refractivity contribution in [2.75, 3.05) is 6.61 Å². The number of hydrogen-bond acceptors (Lipinski definition) is 7. The van der Waals surface area contributed by atoms with E-state index in [0.29, 0.717) is 23.7 Å². The summed E-state index contributed by atoms with van der Waals surface area (Å²) in [6, 6.07) is 6.18. The number of tetrazole rings is 1. The zero-order valence-electron chi connectivity index (χ0n) is 12.6. The number of primary amides is 1. The Morgan fingerprint density at radius 1 is 1.26 bits per heavy atom. The van der Waals surface area contributed by atoms with E-state index >= 15 is 0 Å². The lowest BCUT2D eigenvalue weighted by Gasteiger charge is -2.06. The number of benzene rings is 1. The quantitative estimate of drug-likeness (QED) is 0.694. The van der Waals surface area contributed by atoms with Crippen molar-refractivity contribution in [3.05, 3.63) is 35.7 Å². The van der Waals surface area contributed by atoms with Gasteiger partial charge in [-0.3, -0.25) is 4.79 Å². The molecule has 122 valence electrons. The Bertz CT molecular complexity index is 668. The van der Waals surface area contributed by atoms with Crippen LogP contribution in [0.2, 0.25) is 0 Å². The fourth-order valence-corrected chi connectivity index (χ4v) is 1.77. The lowest BCUT2D eigenvalue weighted by molar-refractivity contribution is -0.119. The summed E-state index contributed by atoms with van der Waals surface area (Å²) in [6.45, 7) is 2.43. The van der Waals surface area contributed by atoms with Gasteiger partial charge in [0.1, 0.15) is 5.75 Å². The number of esters is 1. The smallest absolute Gasteiger partial charge is 0.338 e. The second kappa shape index (κ2) is 7.87. The van der Waals surface area contributed by atoms with Gasteiger partial charge in [-0.15, -0.1) is 5.10 Å². The molecule has 2 rings (SSSR count). The van der Waals surface area contributed by atoms with Crippen LogP contribution in [0.25, 0.3) is 0 Å². The second-order valence-corrected chi connectivity index (χ2v) is 4.67. The third-order valence-corrected chi connectivity index (χ3v) is 2.84. The summed E-state index contributed by atoms with van der Waals surface area (Å²) in [4.78, 5) is 22.6. The summed E-state index contributed by atoms with van der Waals surface area (Å²) < 4.78 is 11.9. The number of ether oxygens (including phenoxy) is 2. The van der Waals surface area contributed by atoms with Crippen LogP contribution >= 0.6 is 0 Å². The minimum atomic E-state index is -0.571. The van der Waals surface area contributed by atoms with Crippen LogP contribution in [0.1, 0.15) is 29.5 Å². The van der Waals surface area contributed by atoms with E-state index in [4.69, 9.17) is 15.2 Å². The largest absolute Gasteiger partial charge is 0.484 e. The van der Waals surface area contributed by atoms with Crippen molar-refractivity contribution in [1.29, 1.82) is 0 Å². The molecule has 0 radical (unpaired) electrons. The highest BCUT2D eigenvalue weighted by Crippen LogP contribution is 2.13. The van der Waals surface area contributed by atoms with Crippen molar-refractivity contribution in [3.63, 3.8) is 0 Å². The molecule has 2 aromatic rings. The molecule has 1 aromatic carbocycles. The molecule has 9 heteroatoms. The van der Waals surface area contributed by atoms with Crippen LogP contribution in [0.4, 0.5) is 0 Å². The molecule has 1 amide bonds. The number of nitrogens with two attached hydrogens (primary N) is 1. The summed E-state index contributed by atoms with van der Waals surface area (Å²) in [5, 5.41) is 11.2. The highest BCUT2D eigenvalue weighted by atomic mass is 16.5. The lowest BCUT2D eigenvalue weighted by atomic mass is 10.2. The van der Waals surface area contributed by atoms with Crippen LogP contribution in [-0.4, -0.2) is 38.7 Å². The van der Waals surface area contributed by atoms with Crippen LogP contribution in [0.5, 0.6) is 5.75 Å². The zero-order valence-corrected chi connectivity index (χ0v) is 12.6. The normalized spacial score (nSPS) is 10.3. The minimum Gasteiger partial charge on any atom is -0.484 e. The van der Waals surface area contributed by atoms with Gasteiger partial charge in [0.2, 0.25) is 0 Å². The minimum absolute atomic E-state index is 0.00817. The van der Waals surface area contributed by atoms with E-state index in [9.17, 15) is 9.59 Å². The maximum atomic E-state index is 12.0. The summed E-state index contributed by atoms with van der Waals surface area (Å²) in [7, 11) is 0. The number of amides is 1.